The second kappa shape index (κ2) is 10.1. The van der Waals surface area contributed by atoms with Crippen molar-refractivity contribution in [2.24, 2.45) is 5.73 Å². The first-order valence-corrected chi connectivity index (χ1v) is 9.67. The van der Waals surface area contributed by atoms with Gasteiger partial charge in [0.15, 0.2) is 0 Å². The lowest BCUT2D eigenvalue weighted by Crippen LogP contribution is -2.50. The minimum Gasteiger partial charge on any atom is -0.340 e. The van der Waals surface area contributed by atoms with Crippen LogP contribution >= 0.6 is 12.4 Å². The van der Waals surface area contributed by atoms with Crippen molar-refractivity contribution in [2.45, 2.75) is 18.2 Å². The van der Waals surface area contributed by atoms with Crippen molar-refractivity contribution in [1.29, 1.82) is 0 Å². The van der Waals surface area contributed by atoms with Gasteiger partial charge in [0.2, 0.25) is 15.9 Å². The van der Waals surface area contributed by atoms with Crippen LogP contribution in [0.1, 0.15) is 12.0 Å². The van der Waals surface area contributed by atoms with E-state index in [1.165, 1.54) is 0 Å². The van der Waals surface area contributed by atoms with Crippen LogP contribution in [-0.2, 0) is 14.8 Å². The predicted octanol–water partition coefficient (Wildman–Crippen LogP) is 0.188. The van der Waals surface area contributed by atoms with E-state index in [9.17, 15) is 13.2 Å². The van der Waals surface area contributed by atoms with E-state index >= 15 is 0 Å². The summed E-state index contributed by atoms with van der Waals surface area (Å²) >= 11 is 0. The fraction of sp³-hybridized carbons (Fsp3) is 0.562. The Morgan fingerprint density at radius 3 is 2.32 bits per heavy atom. The second-order valence-corrected chi connectivity index (χ2v) is 7.74. The van der Waals surface area contributed by atoms with E-state index in [1.54, 1.807) is 24.3 Å². The number of piperazine rings is 1. The Kier molecular flexibility index (Phi) is 8.81. The fourth-order valence-corrected chi connectivity index (χ4v) is 3.66. The fourth-order valence-electron chi connectivity index (χ4n) is 2.64. The van der Waals surface area contributed by atoms with Crippen LogP contribution in [0.3, 0.4) is 0 Å². The van der Waals surface area contributed by atoms with Gasteiger partial charge in [0.05, 0.1) is 4.90 Å². The Morgan fingerprint density at radius 1 is 1.16 bits per heavy atom. The van der Waals surface area contributed by atoms with E-state index < -0.39 is 10.0 Å². The Bertz CT molecular complexity index is 644. The molecular formula is C16H27ClN4O3S. The van der Waals surface area contributed by atoms with Gasteiger partial charge in [-0.2, -0.15) is 0 Å². The van der Waals surface area contributed by atoms with E-state index in [0.29, 0.717) is 39.1 Å². The molecule has 1 aromatic carbocycles. The lowest BCUT2D eigenvalue weighted by Gasteiger charge is -2.34. The Labute approximate surface area is 156 Å². The van der Waals surface area contributed by atoms with Gasteiger partial charge in [-0.25, -0.2) is 13.1 Å². The molecule has 1 heterocycles. The highest BCUT2D eigenvalue weighted by Crippen LogP contribution is 2.09. The van der Waals surface area contributed by atoms with E-state index in [-0.39, 0.29) is 23.2 Å². The highest BCUT2D eigenvalue weighted by molar-refractivity contribution is 7.89. The SMILES string of the molecule is Cc1ccc(S(=O)(=O)NCCN2CCN(C(=O)CCN)CC2)cc1.Cl. The molecule has 0 unspecified atom stereocenters. The lowest BCUT2D eigenvalue weighted by atomic mass is 10.2. The molecule has 7 nitrogen and oxygen atoms in total. The number of hydrogen-bond acceptors (Lipinski definition) is 5. The van der Waals surface area contributed by atoms with E-state index in [4.69, 9.17) is 5.73 Å². The largest absolute Gasteiger partial charge is 0.340 e. The smallest absolute Gasteiger partial charge is 0.240 e. The number of nitrogens with zero attached hydrogens (tertiary/aromatic N) is 2. The minimum atomic E-state index is -3.46. The summed E-state index contributed by atoms with van der Waals surface area (Å²) in [4.78, 5) is 16.0. The molecule has 0 aromatic heterocycles. The summed E-state index contributed by atoms with van der Waals surface area (Å²) in [5.74, 6) is 0.0947. The Hall–Kier alpha value is -1.19. The number of halogens is 1. The number of aryl methyl sites for hydroxylation is 1. The maximum atomic E-state index is 12.2. The van der Waals surface area contributed by atoms with Gasteiger partial charge in [-0.05, 0) is 19.1 Å². The number of amides is 1. The Balaban J connectivity index is 0.00000312. The van der Waals surface area contributed by atoms with Crippen molar-refractivity contribution in [1.82, 2.24) is 14.5 Å². The first-order chi connectivity index (χ1) is 11.4. The van der Waals surface area contributed by atoms with Gasteiger partial charge in [-0.3, -0.25) is 9.69 Å². The quantitative estimate of drug-likeness (QED) is 0.692. The molecule has 1 fully saturated rings. The van der Waals surface area contributed by atoms with Crippen LogP contribution < -0.4 is 10.5 Å². The summed E-state index contributed by atoms with van der Waals surface area (Å²) in [6, 6.07) is 6.79. The van der Waals surface area contributed by atoms with E-state index in [1.807, 2.05) is 11.8 Å². The number of nitrogens with two attached hydrogens (primary N) is 1. The average molecular weight is 391 g/mol. The number of benzene rings is 1. The van der Waals surface area contributed by atoms with Crippen molar-refractivity contribution in [2.75, 3.05) is 45.8 Å². The van der Waals surface area contributed by atoms with Crippen LogP contribution in [0, 0.1) is 6.92 Å². The number of nitrogens with one attached hydrogen (secondary N) is 1. The van der Waals surface area contributed by atoms with Gasteiger partial charge in [-0.15, -0.1) is 12.4 Å². The van der Waals surface area contributed by atoms with Crippen LogP contribution in [-0.4, -0.2) is 69.9 Å². The predicted molar refractivity (Wildman–Crippen MR) is 100 cm³/mol. The highest BCUT2D eigenvalue weighted by Gasteiger charge is 2.21. The van der Waals surface area contributed by atoms with Gasteiger partial charge >= 0.3 is 0 Å². The summed E-state index contributed by atoms with van der Waals surface area (Å²) in [7, 11) is -3.46. The number of carbonyl (C=O) groups excluding carboxylic acids is 1. The third-order valence-electron chi connectivity index (χ3n) is 4.13. The van der Waals surface area contributed by atoms with Crippen LogP contribution in [0.25, 0.3) is 0 Å². The molecule has 1 aromatic rings. The number of sulfonamides is 1. The zero-order chi connectivity index (χ0) is 17.6. The summed E-state index contributed by atoms with van der Waals surface area (Å²) < 4.78 is 27.0. The molecule has 25 heavy (non-hydrogen) atoms. The molecule has 0 spiro atoms. The monoisotopic (exact) mass is 390 g/mol. The van der Waals surface area contributed by atoms with Crippen molar-refractivity contribution in [3.05, 3.63) is 29.8 Å². The van der Waals surface area contributed by atoms with Crippen molar-refractivity contribution >= 4 is 28.3 Å². The van der Waals surface area contributed by atoms with E-state index in [0.717, 1.165) is 18.7 Å². The first kappa shape index (κ1) is 21.9. The first-order valence-electron chi connectivity index (χ1n) is 8.19. The zero-order valence-electron chi connectivity index (χ0n) is 14.5. The summed E-state index contributed by atoms with van der Waals surface area (Å²) in [5, 5.41) is 0. The van der Waals surface area contributed by atoms with Gasteiger partial charge in [-0.1, -0.05) is 17.7 Å². The van der Waals surface area contributed by atoms with Crippen LogP contribution in [0.15, 0.2) is 29.2 Å². The van der Waals surface area contributed by atoms with Crippen LogP contribution in [0.2, 0.25) is 0 Å². The number of hydrogen-bond donors (Lipinski definition) is 2. The molecule has 3 N–H and O–H groups in total. The molecule has 2 rings (SSSR count). The summed E-state index contributed by atoms with van der Waals surface area (Å²) in [6.45, 7) is 6.12. The van der Waals surface area contributed by atoms with Gasteiger partial charge in [0.1, 0.15) is 0 Å². The van der Waals surface area contributed by atoms with Crippen LogP contribution in [0.4, 0.5) is 0 Å². The third-order valence-corrected chi connectivity index (χ3v) is 5.61. The van der Waals surface area contributed by atoms with E-state index in [2.05, 4.69) is 9.62 Å². The molecule has 1 amide bonds. The molecule has 0 aliphatic carbocycles. The summed E-state index contributed by atoms with van der Waals surface area (Å²) in [5.41, 5.74) is 6.43. The highest BCUT2D eigenvalue weighted by atomic mass is 35.5. The number of rotatable bonds is 7. The second-order valence-electron chi connectivity index (χ2n) is 5.97. The molecule has 0 bridgehead atoms. The normalized spacial score (nSPS) is 15.7. The van der Waals surface area contributed by atoms with Crippen molar-refractivity contribution in [3.8, 4) is 0 Å². The zero-order valence-corrected chi connectivity index (χ0v) is 16.1. The molecule has 0 saturated carbocycles. The van der Waals surface area contributed by atoms with Crippen LogP contribution in [0.5, 0.6) is 0 Å². The molecule has 1 aliphatic heterocycles. The number of carbonyl (C=O) groups is 1. The molecule has 0 atom stereocenters. The Morgan fingerprint density at radius 2 is 1.76 bits per heavy atom. The van der Waals surface area contributed by atoms with Gasteiger partial charge in [0, 0.05) is 52.2 Å². The molecule has 0 radical (unpaired) electrons. The van der Waals surface area contributed by atoms with Gasteiger partial charge < -0.3 is 10.6 Å². The molecular weight excluding hydrogens is 364 g/mol. The lowest BCUT2D eigenvalue weighted by molar-refractivity contribution is -0.132. The maximum absolute atomic E-state index is 12.2. The topological polar surface area (TPSA) is 95.7 Å². The summed E-state index contributed by atoms with van der Waals surface area (Å²) in [6.07, 6.45) is 0.385. The maximum Gasteiger partial charge on any atom is 0.240 e. The molecule has 1 saturated heterocycles. The molecule has 142 valence electrons. The van der Waals surface area contributed by atoms with Crippen molar-refractivity contribution < 1.29 is 13.2 Å². The average Bonchev–Trinajstić information content (AvgIpc) is 2.56. The molecule has 1 aliphatic rings. The van der Waals surface area contributed by atoms with Crippen molar-refractivity contribution in [3.63, 3.8) is 0 Å². The standard InChI is InChI=1S/C16H26N4O3S.ClH/c1-14-2-4-15(5-3-14)24(22,23)18-8-9-19-10-12-20(13-11-19)16(21)6-7-17;/h2-5,18H,6-13,17H2,1H3;1H. The minimum absolute atomic E-state index is 0. The molecule has 9 heteroatoms. The third kappa shape index (κ3) is 6.56. The van der Waals surface area contributed by atoms with Gasteiger partial charge in [0.25, 0.3) is 0 Å².